The fraction of sp³-hybridized carbons (Fsp3) is 0.136. The van der Waals surface area contributed by atoms with Gasteiger partial charge in [0.15, 0.2) is 0 Å². The SMILES string of the molecule is Cc1ccc(/C(C#N)=C\c2cc(C)n(-c3cccc(Br)c3)c2C)cc1. The molecule has 1 heterocycles. The van der Waals surface area contributed by atoms with Gasteiger partial charge in [-0.15, -0.1) is 0 Å². The van der Waals surface area contributed by atoms with Crippen molar-refractivity contribution in [3.05, 3.63) is 87.1 Å². The highest BCUT2D eigenvalue weighted by Gasteiger charge is 2.11. The topological polar surface area (TPSA) is 28.7 Å². The van der Waals surface area contributed by atoms with Crippen molar-refractivity contribution < 1.29 is 0 Å². The van der Waals surface area contributed by atoms with E-state index in [0.717, 1.165) is 32.7 Å². The quantitative estimate of drug-likeness (QED) is 0.487. The van der Waals surface area contributed by atoms with E-state index in [1.165, 1.54) is 5.56 Å². The van der Waals surface area contributed by atoms with Crippen LogP contribution in [0.3, 0.4) is 0 Å². The van der Waals surface area contributed by atoms with E-state index in [4.69, 9.17) is 0 Å². The van der Waals surface area contributed by atoms with Crippen LogP contribution in [-0.4, -0.2) is 4.57 Å². The minimum absolute atomic E-state index is 0.675. The molecule has 0 aliphatic rings. The number of allylic oxidation sites excluding steroid dienone is 1. The molecule has 3 rings (SSSR count). The van der Waals surface area contributed by atoms with Gasteiger partial charge >= 0.3 is 0 Å². The summed E-state index contributed by atoms with van der Waals surface area (Å²) in [5, 5.41) is 9.60. The van der Waals surface area contributed by atoms with Crippen LogP contribution in [0.4, 0.5) is 0 Å². The maximum Gasteiger partial charge on any atom is 0.0998 e. The normalized spacial score (nSPS) is 11.4. The first-order chi connectivity index (χ1) is 12.0. The molecule has 1 aromatic heterocycles. The Hall–Kier alpha value is -2.57. The van der Waals surface area contributed by atoms with Crippen LogP contribution in [0.2, 0.25) is 0 Å². The second-order valence-electron chi connectivity index (χ2n) is 6.18. The van der Waals surface area contributed by atoms with Gasteiger partial charge in [-0.1, -0.05) is 51.8 Å². The molecule has 25 heavy (non-hydrogen) atoms. The third kappa shape index (κ3) is 3.60. The Kier molecular flexibility index (Phi) is 4.92. The van der Waals surface area contributed by atoms with Crippen molar-refractivity contribution in [2.75, 3.05) is 0 Å². The van der Waals surface area contributed by atoms with Gasteiger partial charge in [0.05, 0.1) is 11.6 Å². The summed E-state index contributed by atoms with van der Waals surface area (Å²) in [5.74, 6) is 0. The summed E-state index contributed by atoms with van der Waals surface area (Å²) >= 11 is 3.53. The number of aryl methyl sites for hydroxylation is 2. The van der Waals surface area contributed by atoms with E-state index in [1.807, 2.05) is 49.4 Å². The van der Waals surface area contributed by atoms with Crippen LogP contribution in [0.1, 0.15) is 28.1 Å². The third-order valence-corrected chi connectivity index (χ3v) is 4.81. The van der Waals surface area contributed by atoms with Gasteiger partial charge in [-0.3, -0.25) is 0 Å². The number of nitriles is 1. The average Bonchev–Trinajstić information content (AvgIpc) is 2.87. The fourth-order valence-electron chi connectivity index (χ4n) is 3.02. The van der Waals surface area contributed by atoms with Crippen LogP contribution in [0.25, 0.3) is 17.3 Å². The average molecular weight is 391 g/mol. The number of aromatic nitrogens is 1. The molecule has 3 heteroatoms. The summed E-state index contributed by atoms with van der Waals surface area (Å²) in [6, 6.07) is 20.8. The molecule has 0 saturated heterocycles. The number of benzene rings is 2. The molecular weight excluding hydrogens is 372 g/mol. The van der Waals surface area contributed by atoms with Crippen LogP contribution in [-0.2, 0) is 0 Å². The van der Waals surface area contributed by atoms with Crippen molar-refractivity contribution in [2.45, 2.75) is 20.8 Å². The van der Waals surface area contributed by atoms with E-state index in [1.54, 1.807) is 0 Å². The second kappa shape index (κ2) is 7.13. The highest BCUT2D eigenvalue weighted by Crippen LogP contribution is 2.26. The Morgan fingerprint density at radius 2 is 1.76 bits per heavy atom. The van der Waals surface area contributed by atoms with Crippen molar-refractivity contribution >= 4 is 27.6 Å². The summed E-state index contributed by atoms with van der Waals surface area (Å²) in [7, 11) is 0. The zero-order valence-corrected chi connectivity index (χ0v) is 16.1. The lowest BCUT2D eigenvalue weighted by Crippen LogP contribution is -1.98. The van der Waals surface area contributed by atoms with Gasteiger partial charge in [-0.25, -0.2) is 0 Å². The molecule has 0 fully saturated rings. The largest absolute Gasteiger partial charge is 0.318 e. The van der Waals surface area contributed by atoms with Gasteiger partial charge in [0.1, 0.15) is 0 Å². The third-order valence-electron chi connectivity index (χ3n) is 4.32. The van der Waals surface area contributed by atoms with Crippen LogP contribution in [0, 0.1) is 32.1 Å². The first kappa shape index (κ1) is 17.3. The van der Waals surface area contributed by atoms with Crippen molar-refractivity contribution in [1.82, 2.24) is 4.57 Å². The monoisotopic (exact) mass is 390 g/mol. The Morgan fingerprint density at radius 1 is 1.04 bits per heavy atom. The Balaban J connectivity index is 2.08. The lowest BCUT2D eigenvalue weighted by atomic mass is 10.0. The molecule has 124 valence electrons. The molecule has 0 saturated carbocycles. The highest BCUT2D eigenvalue weighted by molar-refractivity contribution is 9.10. The zero-order chi connectivity index (χ0) is 18.0. The molecule has 0 unspecified atom stereocenters. The number of nitrogens with zero attached hydrogens (tertiary/aromatic N) is 2. The van der Waals surface area contributed by atoms with Gasteiger partial charge < -0.3 is 4.57 Å². The maximum absolute atomic E-state index is 9.60. The molecule has 2 nitrogen and oxygen atoms in total. The predicted octanol–water partition coefficient (Wildman–Crippen LogP) is 6.23. The van der Waals surface area contributed by atoms with Crippen LogP contribution < -0.4 is 0 Å². The second-order valence-corrected chi connectivity index (χ2v) is 7.09. The van der Waals surface area contributed by atoms with Crippen molar-refractivity contribution in [1.29, 1.82) is 5.26 Å². The fourth-order valence-corrected chi connectivity index (χ4v) is 3.40. The molecular formula is C22H19BrN2. The van der Waals surface area contributed by atoms with E-state index in [-0.39, 0.29) is 0 Å². The van der Waals surface area contributed by atoms with Gasteiger partial charge in [-0.05, 0) is 62.2 Å². The van der Waals surface area contributed by atoms with E-state index >= 15 is 0 Å². The Labute approximate surface area is 157 Å². The minimum Gasteiger partial charge on any atom is -0.318 e. The summed E-state index contributed by atoms with van der Waals surface area (Å²) in [6.07, 6.45) is 1.97. The number of halogens is 1. The van der Waals surface area contributed by atoms with E-state index in [0.29, 0.717) is 5.57 Å². The van der Waals surface area contributed by atoms with Crippen molar-refractivity contribution in [3.63, 3.8) is 0 Å². The van der Waals surface area contributed by atoms with Gasteiger partial charge in [0, 0.05) is 21.5 Å². The zero-order valence-electron chi connectivity index (χ0n) is 14.5. The summed E-state index contributed by atoms with van der Waals surface area (Å²) in [6.45, 7) is 6.22. The van der Waals surface area contributed by atoms with Crippen LogP contribution >= 0.6 is 15.9 Å². The molecule has 0 N–H and O–H groups in total. The van der Waals surface area contributed by atoms with Crippen molar-refractivity contribution in [2.24, 2.45) is 0 Å². The summed E-state index contributed by atoms with van der Waals surface area (Å²) in [5.41, 5.74) is 7.25. The lowest BCUT2D eigenvalue weighted by molar-refractivity contribution is 0.963. The molecule has 0 spiro atoms. The number of hydrogen-bond donors (Lipinski definition) is 0. The van der Waals surface area contributed by atoms with Gasteiger partial charge in [-0.2, -0.15) is 5.26 Å². The van der Waals surface area contributed by atoms with Gasteiger partial charge in [0.25, 0.3) is 0 Å². The molecule has 0 aliphatic carbocycles. The van der Waals surface area contributed by atoms with Gasteiger partial charge in [0.2, 0.25) is 0 Å². The number of rotatable bonds is 3. The molecule has 0 amide bonds. The molecule has 0 atom stereocenters. The first-order valence-electron chi connectivity index (χ1n) is 8.13. The minimum atomic E-state index is 0.675. The van der Waals surface area contributed by atoms with Crippen LogP contribution in [0.15, 0.2) is 59.1 Å². The number of hydrogen-bond acceptors (Lipinski definition) is 1. The Bertz CT molecular complexity index is 986. The predicted molar refractivity (Wildman–Crippen MR) is 108 cm³/mol. The summed E-state index contributed by atoms with van der Waals surface area (Å²) < 4.78 is 3.26. The van der Waals surface area contributed by atoms with E-state index in [9.17, 15) is 5.26 Å². The van der Waals surface area contributed by atoms with E-state index < -0.39 is 0 Å². The molecule has 0 bridgehead atoms. The molecule has 0 radical (unpaired) electrons. The smallest absolute Gasteiger partial charge is 0.0998 e. The van der Waals surface area contributed by atoms with Crippen LogP contribution in [0.5, 0.6) is 0 Å². The first-order valence-corrected chi connectivity index (χ1v) is 8.92. The lowest BCUT2D eigenvalue weighted by Gasteiger charge is -2.10. The molecule has 3 aromatic rings. The highest BCUT2D eigenvalue weighted by atomic mass is 79.9. The standard InChI is InChI=1S/C22H19BrN2/c1-15-7-9-18(10-8-15)20(14-24)12-19-11-16(2)25(17(19)3)22-6-4-5-21(23)13-22/h4-13H,1-3H3/b20-12-. The molecule has 2 aromatic carbocycles. The maximum atomic E-state index is 9.60. The summed E-state index contributed by atoms with van der Waals surface area (Å²) in [4.78, 5) is 0. The molecule has 0 aliphatic heterocycles. The van der Waals surface area contributed by atoms with E-state index in [2.05, 4.69) is 58.6 Å². The van der Waals surface area contributed by atoms with Crippen molar-refractivity contribution in [3.8, 4) is 11.8 Å². The Morgan fingerprint density at radius 3 is 2.40 bits per heavy atom.